The quantitative estimate of drug-likeness (QED) is 0.676. The van der Waals surface area contributed by atoms with Crippen LogP contribution in [0.15, 0.2) is 12.1 Å². The second-order valence-electron chi connectivity index (χ2n) is 3.14. The Labute approximate surface area is 102 Å². The number of ether oxygens (including phenoxy) is 1. The van der Waals surface area contributed by atoms with E-state index in [-0.39, 0.29) is 22.0 Å². The zero-order valence-corrected chi connectivity index (χ0v) is 9.98. The standard InChI is InChI=1S/C10H10Cl2FNO2/c1-16-8(15)4-7(14)9-5(11)2-3-6(12)10(9)13/h2-3,7H,4,14H2,1H3/t7-/m0/s1. The van der Waals surface area contributed by atoms with Gasteiger partial charge in [0, 0.05) is 16.6 Å². The predicted octanol–water partition coefficient (Wildman–Crippen LogP) is 2.70. The molecule has 0 aliphatic heterocycles. The van der Waals surface area contributed by atoms with E-state index in [2.05, 4.69) is 4.74 Å². The Morgan fingerprint density at radius 2 is 2.06 bits per heavy atom. The fraction of sp³-hybridized carbons (Fsp3) is 0.300. The molecule has 0 saturated heterocycles. The monoisotopic (exact) mass is 265 g/mol. The van der Waals surface area contributed by atoms with Crippen LogP contribution in [-0.2, 0) is 9.53 Å². The smallest absolute Gasteiger partial charge is 0.307 e. The fourth-order valence-corrected chi connectivity index (χ4v) is 1.70. The van der Waals surface area contributed by atoms with Gasteiger partial charge in [-0.3, -0.25) is 4.79 Å². The molecule has 1 aromatic carbocycles. The van der Waals surface area contributed by atoms with E-state index in [1.807, 2.05) is 0 Å². The number of carbonyl (C=O) groups excluding carboxylic acids is 1. The highest BCUT2D eigenvalue weighted by molar-refractivity contribution is 6.33. The van der Waals surface area contributed by atoms with Gasteiger partial charge in [0.1, 0.15) is 5.82 Å². The number of nitrogens with two attached hydrogens (primary N) is 1. The van der Waals surface area contributed by atoms with Crippen LogP contribution < -0.4 is 5.73 Å². The van der Waals surface area contributed by atoms with Crippen LogP contribution in [0.2, 0.25) is 10.0 Å². The highest BCUT2D eigenvalue weighted by Crippen LogP contribution is 2.30. The van der Waals surface area contributed by atoms with Crippen LogP contribution in [0, 0.1) is 5.82 Å². The molecule has 0 amide bonds. The van der Waals surface area contributed by atoms with Crippen LogP contribution in [0.1, 0.15) is 18.0 Å². The van der Waals surface area contributed by atoms with Gasteiger partial charge in [-0.1, -0.05) is 23.2 Å². The molecule has 6 heteroatoms. The third-order valence-electron chi connectivity index (χ3n) is 2.06. The molecule has 0 unspecified atom stereocenters. The van der Waals surface area contributed by atoms with Crippen LogP contribution in [0.25, 0.3) is 0 Å². The normalized spacial score (nSPS) is 12.3. The van der Waals surface area contributed by atoms with Crippen molar-refractivity contribution in [3.8, 4) is 0 Å². The Kier molecular flexibility index (Phi) is 4.53. The number of rotatable bonds is 3. The number of methoxy groups -OCH3 is 1. The molecular weight excluding hydrogens is 256 g/mol. The molecule has 1 rings (SSSR count). The number of esters is 1. The maximum Gasteiger partial charge on any atom is 0.307 e. The molecule has 0 aromatic heterocycles. The summed E-state index contributed by atoms with van der Waals surface area (Å²) >= 11 is 11.4. The van der Waals surface area contributed by atoms with Crippen molar-refractivity contribution in [2.24, 2.45) is 5.73 Å². The Morgan fingerprint density at radius 3 is 2.62 bits per heavy atom. The largest absolute Gasteiger partial charge is 0.469 e. The van der Waals surface area contributed by atoms with Crippen molar-refractivity contribution in [2.45, 2.75) is 12.5 Å². The van der Waals surface area contributed by atoms with Crippen molar-refractivity contribution >= 4 is 29.2 Å². The first kappa shape index (κ1) is 13.2. The van der Waals surface area contributed by atoms with Crippen LogP contribution in [0.5, 0.6) is 0 Å². The summed E-state index contributed by atoms with van der Waals surface area (Å²) in [6.45, 7) is 0. The molecule has 1 aromatic rings. The lowest BCUT2D eigenvalue weighted by Crippen LogP contribution is -2.18. The molecule has 16 heavy (non-hydrogen) atoms. The van der Waals surface area contributed by atoms with Gasteiger partial charge in [-0.2, -0.15) is 0 Å². The summed E-state index contributed by atoms with van der Waals surface area (Å²) < 4.78 is 18.1. The summed E-state index contributed by atoms with van der Waals surface area (Å²) in [7, 11) is 1.23. The van der Waals surface area contributed by atoms with Crippen molar-refractivity contribution in [1.82, 2.24) is 0 Å². The summed E-state index contributed by atoms with van der Waals surface area (Å²) in [6.07, 6.45) is -0.159. The highest BCUT2D eigenvalue weighted by Gasteiger charge is 2.20. The molecular formula is C10H10Cl2FNO2. The van der Waals surface area contributed by atoms with E-state index in [4.69, 9.17) is 28.9 Å². The molecule has 3 nitrogen and oxygen atoms in total. The molecule has 0 aliphatic rings. The van der Waals surface area contributed by atoms with Gasteiger partial charge in [0.2, 0.25) is 0 Å². The molecule has 0 radical (unpaired) electrons. The second-order valence-corrected chi connectivity index (χ2v) is 3.96. The van der Waals surface area contributed by atoms with Gasteiger partial charge in [-0.25, -0.2) is 4.39 Å². The molecule has 88 valence electrons. The van der Waals surface area contributed by atoms with Crippen molar-refractivity contribution < 1.29 is 13.9 Å². The molecule has 0 fully saturated rings. The van der Waals surface area contributed by atoms with Gasteiger partial charge in [0.15, 0.2) is 0 Å². The molecule has 0 saturated carbocycles. The van der Waals surface area contributed by atoms with Crippen LogP contribution in [-0.4, -0.2) is 13.1 Å². The van der Waals surface area contributed by atoms with E-state index in [0.29, 0.717) is 0 Å². The van der Waals surface area contributed by atoms with E-state index in [0.717, 1.165) is 0 Å². The van der Waals surface area contributed by atoms with E-state index in [9.17, 15) is 9.18 Å². The predicted molar refractivity (Wildman–Crippen MR) is 60.0 cm³/mol. The first-order valence-corrected chi connectivity index (χ1v) is 5.18. The van der Waals surface area contributed by atoms with Gasteiger partial charge in [-0.05, 0) is 12.1 Å². The second kappa shape index (κ2) is 5.48. The number of halogens is 3. The Balaban J connectivity index is 3.03. The third kappa shape index (κ3) is 2.84. The zero-order valence-electron chi connectivity index (χ0n) is 8.47. The van der Waals surface area contributed by atoms with Gasteiger partial charge >= 0.3 is 5.97 Å². The minimum Gasteiger partial charge on any atom is -0.469 e. The van der Waals surface area contributed by atoms with Gasteiger partial charge in [-0.15, -0.1) is 0 Å². The fourth-order valence-electron chi connectivity index (χ4n) is 1.25. The minimum atomic E-state index is -0.876. The average molecular weight is 266 g/mol. The van der Waals surface area contributed by atoms with Crippen LogP contribution in [0.3, 0.4) is 0 Å². The Hall–Kier alpha value is -0.840. The maximum atomic E-state index is 13.6. The van der Waals surface area contributed by atoms with Crippen molar-refractivity contribution in [3.05, 3.63) is 33.6 Å². The minimum absolute atomic E-state index is 0.0274. The lowest BCUT2D eigenvalue weighted by molar-refractivity contribution is -0.141. The summed E-state index contributed by atoms with van der Waals surface area (Å²) in [5, 5.41) is 0.0537. The van der Waals surface area contributed by atoms with Crippen molar-refractivity contribution in [2.75, 3.05) is 7.11 Å². The molecule has 0 heterocycles. The van der Waals surface area contributed by atoms with E-state index in [1.165, 1.54) is 19.2 Å². The molecule has 1 atom stereocenters. The van der Waals surface area contributed by atoms with Crippen molar-refractivity contribution in [3.63, 3.8) is 0 Å². The third-order valence-corrected chi connectivity index (χ3v) is 2.69. The maximum absolute atomic E-state index is 13.6. The molecule has 0 spiro atoms. The van der Waals surface area contributed by atoms with Crippen LogP contribution >= 0.6 is 23.2 Å². The number of hydrogen-bond donors (Lipinski definition) is 1. The van der Waals surface area contributed by atoms with E-state index in [1.54, 1.807) is 0 Å². The topological polar surface area (TPSA) is 52.3 Å². The molecule has 0 aliphatic carbocycles. The molecule has 0 bridgehead atoms. The highest BCUT2D eigenvalue weighted by atomic mass is 35.5. The zero-order chi connectivity index (χ0) is 12.3. The number of benzene rings is 1. The average Bonchev–Trinajstić information content (AvgIpc) is 2.24. The lowest BCUT2D eigenvalue weighted by atomic mass is 10.0. The van der Waals surface area contributed by atoms with E-state index < -0.39 is 17.8 Å². The summed E-state index contributed by atoms with van der Waals surface area (Å²) in [5.74, 6) is -1.24. The first-order chi connectivity index (χ1) is 7.47. The number of carbonyl (C=O) groups is 1. The summed E-state index contributed by atoms with van der Waals surface area (Å²) in [5.41, 5.74) is 5.69. The summed E-state index contributed by atoms with van der Waals surface area (Å²) in [6, 6.07) is 1.88. The van der Waals surface area contributed by atoms with Gasteiger partial charge < -0.3 is 10.5 Å². The Bertz CT molecular complexity index is 412. The molecule has 2 N–H and O–H groups in total. The number of hydrogen-bond acceptors (Lipinski definition) is 3. The SMILES string of the molecule is COC(=O)C[C@H](N)c1c(Cl)ccc(Cl)c1F. The van der Waals surface area contributed by atoms with E-state index >= 15 is 0 Å². The van der Waals surface area contributed by atoms with Crippen LogP contribution in [0.4, 0.5) is 4.39 Å². The first-order valence-electron chi connectivity index (χ1n) is 4.43. The van der Waals surface area contributed by atoms with Crippen molar-refractivity contribution in [1.29, 1.82) is 0 Å². The van der Waals surface area contributed by atoms with Gasteiger partial charge in [0.25, 0.3) is 0 Å². The lowest BCUT2D eigenvalue weighted by Gasteiger charge is -2.14. The Morgan fingerprint density at radius 1 is 1.50 bits per heavy atom. The van der Waals surface area contributed by atoms with Gasteiger partial charge in [0.05, 0.1) is 18.6 Å². The summed E-state index contributed by atoms with van der Waals surface area (Å²) in [4.78, 5) is 11.0.